The zero-order valence-electron chi connectivity index (χ0n) is 9.57. The molecule has 84 valence electrons. The molecule has 0 aliphatic carbocycles. The molecular weight excluding hydrogens is 206 g/mol. The molecule has 0 saturated carbocycles. The molecule has 0 spiro atoms. The first-order valence-corrected chi connectivity index (χ1v) is 6.41. The van der Waals surface area contributed by atoms with Crippen molar-refractivity contribution >= 4 is 11.8 Å². The molecule has 0 amide bonds. The lowest BCUT2D eigenvalue weighted by Crippen LogP contribution is -2.31. The monoisotopic (exact) mass is 225 g/mol. The van der Waals surface area contributed by atoms with Gasteiger partial charge in [0, 0.05) is 11.4 Å². The van der Waals surface area contributed by atoms with Crippen molar-refractivity contribution in [3.63, 3.8) is 0 Å². The number of hydrogen-bond acceptors (Lipinski definition) is 3. The third-order valence-electron chi connectivity index (χ3n) is 2.32. The number of nitrogens with two attached hydrogens (primary N) is 1. The van der Waals surface area contributed by atoms with Crippen molar-refractivity contribution in [1.82, 2.24) is 0 Å². The van der Waals surface area contributed by atoms with E-state index in [1.807, 2.05) is 18.2 Å². The van der Waals surface area contributed by atoms with Crippen molar-refractivity contribution in [1.29, 1.82) is 0 Å². The van der Waals surface area contributed by atoms with Crippen LogP contribution < -0.4 is 10.5 Å². The molecule has 0 heterocycles. The molecular formula is C12H19NOS. The second-order valence-electron chi connectivity index (χ2n) is 3.79. The molecule has 1 aromatic carbocycles. The van der Waals surface area contributed by atoms with E-state index in [0.29, 0.717) is 12.5 Å². The van der Waals surface area contributed by atoms with Gasteiger partial charge in [-0.1, -0.05) is 26.0 Å². The predicted molar refractivity (Wildman–Crippen MR) is 66.5 cm³/mol. The number of rotatable bonds is 5. The highest BCUT2D eigenvalue weighted by Gasteiger charge is 2.14. The first-order valence-electron chi connectivity index (χ1n) is 5.18. The van der Waals surface area contributed by atoms with E-state index >= 15 is 0 Å². The molecule has 0 bridgehead atoms. The average Bonchev–Trinajstić information content (AvgIpc) is 2.25. The van der Waals surface area contributed by atoms with Gasteiger partial charge in [-0.2, -0.15) is 0 Å². The molecule has 15 heavy (non-hydrogen) atoms. The Labute approximate surface area is 96.2 Å². The van der Waals surface area contributed by atoms with Crippen LogP contribution in [0.4, 0.5) is 0 Å². The van der Waals surface area contributed by atoms with Crippen LogP contribution in [-0.4, -0.2) is 18.9 Å². The summed E-state index contributed by atoms with van der Waals surface area (Å²) >= 11 is 1.69. The summed E-state index contributed by atoms with van der Waals surface area (Å²) in [6.07, 6.45) is 2.15. The molecule has 3 heteroatoms. The SMILES string of the molecule is CSc1ccccc1OC(CN)C(C)C. The number of benzene rings is 1. The van der Waals surface area contributed by atoms with E-state index in [1.165, 1.54) is 0 Å². The van der Waals surface area contributed by atoms with Gasteiger partial charge < -0.3 is 10.5 Å². The lowest BCUT2D eigenvalue weighted by molar-refractivity contribution is 0.155. The molecule has 1 atom stereocenters. The van der Waals surface area contributed by atoms with Crippen LogP contribution >= 0.6 is 11.8 Å². The third-order valence-corrected chi connectivity index (χ3v) is 3.10. The summed E-state index contributed by atoms with van der Waals surface area (Å²) in [6, 6.07) is 8.07. The molecule has 1 unspecified atom stereocenters. The highest BCUT2D eigenvalue weighted by molar-refractivity contribution is 7.98. The van der Waals surface area contributed by atoms with Gasteiger partial charge in [0.05, 0.1) is 0 Å². The molecule has 2 nitrogen and oxygen atoms in total. The normalized spacial score (nSPS) is 12.9. The standard InChI is InChI=1S/C12H19NOS/c1-9(2)11(8-13)14-10-6-4-5-7-12(10)15-3/h4-7,9,11H,8,13H2,1-3H3. The lowest BCUT2D eigenvalue weighted by atomic mass is 10.1. The Kier molecular flexibility index (Phi) is 4.99. The van der Waals surface area contributed by atoms with Crippen LogP contribution in [-0.2, 0) is 0 Å². The maximum atomic E-state index is 5.90. The minimum Gasteiger partial charge on any atom is -0.488 e. The Balaban J connectivity index is 2.78. The van der Waals surface area contributed by atoms with Gasteiger partial charge in [0.15, 0.2) is 0 Å². The maximum Gasteiger partial charge on any atom is 0.133 e. The highest BCUT2D eigenvalue weighted by atomic mass is 32.2. The number of thioether (sulfide) groups is 1. The van der Waals surface area contributed by atoms with Gasteiger partial charge in [0.1, 0.15) is 11.9 Å². The summed E-state index contributed by atoms with van der Waals surface area (Å²) in [5, 5.41) is 0. The van der Waals surface area contributed by atoms with E-state index in [9.17, 15) is 0 Å². The quantitative estimate of drug-likeness (QED) is 0.783. The van der Waals surface area contributed by atoms with Crippen LogP contribution in [0, 0.1) is 5.92 Å². The summed E-state index contributed by atoms with van der Waals surface area (Å²) in [7, 11) is 0. The Hall–Kier alpha value is -0.670. The molecule has 0 radical (unpaired) electrons. The Morgan fingerprint density at radius 3 is 2.53 bits per heavy atom. The molecule has 1 aromatic rings. The lowest BCUT2D eigenvalue weighted by Gasteiger charge is -2.22. The minimum atomic E-state index is 0.0956. The second-order valence-corrected chi connectivity index (χ2v) is 4.63. The van der Waals surface area contributed by atoms with E-state index in [0.717, 1.165) is 10.6 Å². The van der Waals surface area contributed by atoms with Crippen LogP contribution in [0.25, 0.3) is 0 Å². The number of para-hydroxylation sites is 1. The first-order chi connectivity index (χ1) is 7.19. The predicted octanol–water partition coefficient (Wildman–Crippen LogP) is 2.77. The van der Waals surface area contributed by atoms with Crippen LogP contribution in [0.1, 0.15) is 13.8 Å². The van der Waals surface area contributed by atoms with Crippen molar-refractivity contribution in [2.24, 2.45) is 11.7 Å². The van der Waals surface area contributed by atoms with Crippen molar-refractivity contribution in [3.8, 4) is 5.75 Å². The fourth-order valence-electron chi connectivity index (χ4n) is 1.34. The van der Waals surface area contributed by atoms with E-state index in [4.69, 9.17) is 10.5 Å². The molecule has 0 aliphatic rings. The van der Waals surface area contributed by atoms with E-state index in [1.54, 1.807) is 11.8 Å². The fraction of sp³-hybridized carbons (Fsp3) is 0.500. The maximum absolute atomic E-state index is 5.90. The molecule has 0 aliphatic heterocycles. The van der Waals surface area contributed by atoms with Gasteiger partial charge in [-0.3, -0.25) is 0 Å². The summed E-state index contributed by atoms with van der Waals surface area (Å²) in [5.74, 6) is 1.37. The van der Waals surface area contributed by atoms with Gasteiger partial charge in [-0.15, -0.1) is 11.8 Å². The smallest absolute Gasteiger partial charge is 0.133 e. The Morgan fingerprint density at radius 1 is 1.33 bits per heavy atom. The molecule has 0 fully saturated rings. The van der Waals surface area contributed by atoms with Crippen molar-refractivity contribution in [2.45, 2.75) is 24.8 Å². The molecule has 0 saturated heterocycles. The molecule has 0 aromatic heterocycles. The van der Waals surface area contributed by atoms with Gasteiger partial charge in [0.2, 0.25) is 0 Å². The minimum absolute atomic E-state index is 0.0956. The van der Waals surface area contributed by atoms with Gasteiger partial charge in [-0.05, 0) is 24.3 Å². The topological polar surface area (TPSA) is 35.2 Å². The van der Waals surface area contributed by atoms with Crippen LogP contribution in [0.3, 0.4) is 0 Å². The number of hydrogen-bond donors (Lipinski definition) is 1. The summed E-state index contributed by atoms with van der Waals surface area (Å²) < 4.78 is 5.90. The highest BCUT2D eigenvalue weighted by Crippen LogP contribution is 2.28. The summed E-state index contributed by atoms with van der Waals surface area (Å²) in [5.41, 5.74) is 5.68. The second kappa shape index (κ2) is 6.03. The van der Waals surface area contributed by atoms with Crippen LogP contribution in [0.5, 0.6) is 5.75 Å². The Bertz CT molecular complexity index is 301. The average molecular weight is 225 g/mol. The molecule has 2 N–H and O–H groups in total. The Morgan fingerprint density at radius 2 is 2.00 bits per heavy atom. The van der Waals surface area contributed by atoms with Crippen molar-refractivity contribution in [2.75, 3.05) is 12.8 Å². The zero-order chi connectivity index (χ0) is 11.3. The van der Waals surface area contributed by atoms with Gasteiger partial charge in [0.25, 0.3) is 0 Å². The molecule has 1 rings (SSSR count). The fourth-order valence-corrected chi connectivity index (χ4v) is 1.87. The van der Waals surface area contributed by atoms with Crippen LogP contribution in [0.15, 0.2) is 29.2 Å². The number of ether oxygens (including phenoxy) is 1. The van der Waals surface area contributed by atoms with Crippen molar-refractivity contribution < 1.29 is 4.74 Å². The summed E-state index contributed by atoms with van der Waals surface area (Å²) in [4.78, 5) is 1.16. The van der Waals surface area contributed by atoms with Gasteiger partial charge >= 0.3 is 0 Å². The van der Waals surface area contributed by atoms with E-state index in [2.05, 4.69) is 26.2 Å². The van der Waals surface area contributed by atoms with Gasteiger partial charge in [-0.25, -0.2) is 0 Å². The zero-order valence-corrected chi connectivity index (χ0v) is 10.4. The largest absolute Gasteiger partial charge is 0.488 e. The first kappa shape index (κ1) is 12.4. The van der Waals surface area contributed by atoms with E-state index in [-0.39, 0.29) is 6.10 Å². The van der Waals surface area contributed by atoms with E-state index < -0.39 is 0 Å². The van der Waals surface area contributed by atoms with Crippen molar-refractivity contribution in [3.05, 3.63) is 24.3 Å². The van der Waals surface area contributed by atoms with Crippen LogP contribution in [0.2, 0.25) is 0 Å². The third kappa shape index (κ3) is 3.43. The summed E-state index contributed by atoms with van der Waals surface area (Å²) in [6.45, 7) is 4.80.